The molecule has 1 fully saturated rings. The number of hydrogen-bond donors (Lipinski definition) is 2. The van der Waals surface area contributed by atoms with Gasteiger partial charge in [0.2, 0.25) is 0 Å². The lowest BCUT2D eigenvalue weighted by Crippen LogP contribution is -2.36. The van der Waals surface area contributed by atoms with Gasteiger partial charge in [0.25, 0.3) is 0 Å². The molecule has 1 saturated heterocycles. The zero-order chi connectivity index (χ0) is 9.97. The lowest BCUT2D eigenvalue weighted by molar-refractivity contribution is 0.122. The van der Waals surface area contributed by atoms with Crippen LogP contribution in [0, 0.1) is 0 Å². The number of nitrogen functional groups attached to an aromatic ring is 2. The third-order valence-corrected chi connectivity index (χ3v) is 2.29. The van der Waals surface area contributed by atoms with Crippen LogP contribution in [-0.2, 0) is 4.74 Å². The maximum absolute atomic E-state index is 5.70. The van der Waals surface area contributed by atoms with Gasteiger partial charge in [0, 0.05) is 19.2 Å². The first-order valence-electron chi connectivity index (χ1n) is 4.61. The van der Waals surface area contributed by atoms with Gasteiger partial charge in [-0.25, -0.2) is 4.98 Å². The van der Waals surface area contributed by atoms with Gasteiger partial charge in [-0.2, -0.15) is 0 Å². The predicted molar refractivity (Wildman–Crippen MR) is 56.1 cm³/mol. The van der Waals surface area contributed by atoms with Crippen molar-refractivity contribution in [3.63, 3.8) is 0 Å². The van der Waals surface area contributed by atoms with E-state index >= 15 is 0 Å². The molecule has 0 radical (unpaired) electrons. The summed E-state index contributed by atoms with van der Waals surface area (Å²) in [5, 5.41) is 0. The summed E-state index contributed by atoms with van der Waals surface area (Å²) in [6, 6.07) is 1.81. The summed E-state index contributed by atoms with van der Waals surface area (Å²) >= 11 is 0. The van der Waals surface area contributed by atoms with E-state index < -0.39 is 0 Å². The Morgan fingerprint density at radius 3 is 2.57 bits per heavy atom. The second-order valence-electron chi connectivity index (χ2n) is 3.27. The molecular weight excluding hydrogens is 180 g/mol. The molecule has 0 aliphatic carbocycles. The number of morpholine rings is 1. The molecule has 1 aliphatic rings. The minimum atomic E-state index is 0.530. The number of nitrogens with zero attached hydrogens (tertiary/aromatic N) is 2. The summed E-state index contributed by atoms with van der Waals surface area (Å²) in [6.45, 7) is 3.20. The average molecular weight is 194 g/mol. The van der Waals surface area contributed by atoms with Crippen molar-refractivity contribution < 1.29 is 4.74 Å². The molecule has 1 aromatic rings. The highest BCUT2D eigenvalue weighted by Crippen LogP contribution is 2.20. The van der Waals surface area contributed by atoms with Crippen LogP contribution in [0.1, 0.15) is 0 Å². The molecule has 4 N–H and O–H groups in total. The largest absolute Gasteiger partial charge is 0.397 e. The lowest BCUT2D eigenvalue weighted by Gasteiger charge is -2.27. The summed E-state index contributed by atoms with van der Waals surface area (Å²) in [6.07, 6.45) is 1.60. The van der Waals surface area contributed by atoms with Crippen LogP contribution in [0.3, 0.4) is 0 Å². The topological polar surface area (TPSA) is 77.4 Å². The Morgan fingerprint density at radius 2 is 1.93 bits per heavy atom. The first kappa shape index (κ1) is 9.08. The standard InChI is InChI=1S/C9H14N4O/c10-7-5-9(12-6-8(7)11)13-1-3-14-4-2-13/h5-6H,1-4,11H2,(H2,10,12). The number of hydrogen-bond acceptors (Lipinski definition) is 5. The molecule has 1 aromatic heterocycles. The minimum Gasteiger partial charge on any atom is -0.397 e. The molecule has 0 atom stereocenters. The first-order chi connectivity index (χ1) is 6.77. The van der Waals surface area contributed by atoms with Gasteiger partial charge in [-0.3, -0.25) is 0 Å². The van der Waals surface area contributed by atoms with Crippen molar-refractivity contribution in [1.29, 1.82) is 0 Å². The quantitative estimate of drug-likeness (QED) is 0.662. The maximum atomic E-state index is 5.70. The molecular formula is C9H14N4O. The van der Waals surface area contributed by atoms with Crippen LogP contribution in [0.5, 0.6) is 0 Å². The average Bonchev–Trinajstić information content (AvgIpc) is 2.23. The molecule has 76 valence electrons. The van der Waals surface area contributed by atoms with Crippen molar-refractivity contribution in [2.24, 2.45) is 0 Å². The number of pyridine rings is 1. The fourth-order valence-corrected chi connectivity index (χ4v) is 1.44. The van der Waals surface area contributed by atoms with Gasteiger partial charge in [0.15, 0.2) is 0 Å². The Kier molecular flexibility index (Phi) is 2.41. The van der Waals surface area contributed by atoms with E-state index in [0.29, 0.717) is 11.4 Å². The predicted octanol–water partition coefficient (Wildman–Crippen LogP) is 0.0826. The minimum absolute atomic E-state index is 0.530. The highest BCUT2D eigenvalue weighted by molar-refractivity contribution is 5.66. The SMILES string of the molecule is Nc1cnc(N2CCOCC2)cc1N. The molecule has 0 amide bonds. The second-order valence-corrected chi connectivity index (χ2v) is 3.27. The Hall–Kier alpha value is -1.49. The van der Waals surface area contributed by atoms with Crippen LogP contribution in [-0.4, -0.2) is 31.3 Å². The van der Waals surface area contributed by atoms with Crippen molar-refractivity contribution in [3.05, 3.63) is 12.3 Å². The molecule has 0 bridgehead atoms. The van der Waals surface area contributed by atoms with Crippen LogP contribution in [0.15, 0.2) is 12.3 Å². The van der Waals surface area contributed by atoms with E-state index in [1.807, 2.05) is 0 Å². The fraction of sp³-hybridized carbons (Fsp3) is 0.444. The summed E-state index contributed by atoms with van der Waals surface area (Å²) in [5.74, 6) is 0.875. The van der Waals surface area contributed by atoms with Crippen molar-refractivity contribution in [3.8, 4) is 0 Å². The van der Waals surface area contributed by atoms with Crippen LogP contribution in [0.2, 0.25) is 0 Å². The van der Waals surface area contributed by atoms with Gasteiger partial charge < -0.3 is 21.1 Å². The highest BCUT2D eigenvalue weighted by Gasteiger charge is 2.12. The number of anilines is 3. The van der Waals surface area contributed by atoms with Gasteiger partial charge in [0.1, 0.15) is 5.82 Å². The van der Waals surface area contributed by atoms with Gasteiger partial charge in [-0.1, -0.05) is 0 Å². The molecule has 1 aliphatic heterocycles. The third kappa shape index (κ3) is 1.72. The third-order valence-electron chi connectivity index (χ3n) is 2.29. The number of ether oxygens (including phenoxy) is 1. The zero-order valence-corrected chi connectivity index (χ0v) is 7.94. The van der Waals surface area contributed by atoms with Gasteiger partial charge in [0.05, 0.1) is 30.8 Å². The number of rotatable bonds is 1. The zero-order valence-electron chi connectivity index (χ0n) is 7.94. The van der Waals surface area contributed by atoms with Gasteiger partial charge in [-0.15, -0.1) is 0 Å². The molecule has 2 heterocycles. The van der Waals surface area contributed by atoms with Crippen LogP contribution in [0.25, 0.3) is 0 Å². The molecule has 14 heavy (non-hydrogen) atoms. The molecule has 5 heteroatoms. The van der Waals surface area contributed by atoms with E-state index in [0.717, 1.165) is 32.1 Å². The second kappa shape index (κ2) is 3.71. The monoisotopic (exact) mass is 194 g/mol. The summed E-state index contributed by atoms with van der Waals surface area (Å²) in [4.78, 5) is 6.37. The lowest BCUT2D eigenvalue weighted by atomic mass is 10.3. The van der Waals surface area contributed by atoms with Crippen molar-refractivity contribution in [1.82, 2.24) is 4.98 Å². The fourth-order valence-electron chi connectivity index (χ4n) is 1.44. The normalized spacial score (nSPS) is 17.0. The summed E-state index contributed by atoms with van der Waals surface area (Å²) in [7, 11) is 0. The Balaban J connectivity index is 2.18. The highest BCUT2D eigenvalue weighted by atomic mass is 16.5. The molecule has 2 rings (SSSR count). The number of aromatic nitrogens is 1. The maximum Gasteiger partial charge on any atom is 0.130 e. The van der Waals surface area contributed by atoms with E-state index in [1.54, 1.807) is 12.3 Å². The van der Waals surface area contributed by atoms with Crippen molar-refractivity contribution in [2.75, 3.05) is 42.7 Å². The Morgan fingerprint density at radius 1 is 1.21 bits per heavy atom. The molecule has 0 unspecified atom stereocenters. The van der Waals surface area contributed by atoms with Crippen molar-refractivity contribution >= 4 is 17.2 Å². The molecule has 0 spiro atoms. The molecule has 0 aromatic carbocycles. The van der Waals surface area contributed by atoms with Crippen LogP contribution >= 0.6 is 0 Å². The molecule has 5 nitrogen and oxygen atoms in total. The smallest absolute Gasteiger partial charge is 0.130 e. The van der Waals surface area contributed by atoms with Crippen LogP contribution in [0.4, 0.5) is 17.2 Å². The summed E-state index contributed by atoms with van der Waals surface area (Å²) < 4.78 is 5.25. The number of nitrogens with two attached hydrogens (primary N) is 2. The van der Waals surface area contributed by atoms with E-state index in [9.17, 15) is 0 Å². The van der Waals surface area contributed by atoms with E-state index in [-0.39, 0.29) is 0 Å². The van der Waals surface area contributed by atoms with Crippen LogP contribution < -0.4 is 16.4 Å². The first-order valence-corrected chi connectivity index (χ1v) is 4.61. The van der Waals surface area contributed by atoms with E-state index in [1.165, 1.54) is 0 Å². The molecule has 0 saturated carbocycles. The van der Waals surface area contributed by atoms with E-state index in [2.05, 4.69) is 9.88 Å². The van der Waals surface area contributed by atoms with Gasteiger partial charge >= 0.3 is 0 Å². The Bertz CT molecular complexity index is 323. The Labute approximate surface area is 82.7 Å². The summed E-state index contributed by atoms with van der Waals surface area (Å²) in [5.41, 5.74) is 12.4. The van der Waals surface area contributed by atoms with E-state index in [4.69, 9.17) is 16.2 Å². The van der Waals surface area contributed by atoms with Gasteiger partial charge in [-0.05, 0) is 0 Å². The van der Waals surface area contributed by atoms with Crippen molar-refractivity contribution in [2.45, 2.75) is 0 Å².